The zero-order chi connectivity index (χ0) is 16.3. The number of hydrogen-bond donors (Lipinski definition) is 0. The molecule has 1 fully saturated rings. The summed E-state index contributed by atoms with van der Waals surface area (Å²) in [6.45, 7) is 5.30. The number of alkyl halides is 1. The molecule has 5 heteroatoms. The lowest BCUT2D eigenvalue weighted by atomic mass is 10.1. The molecule has 23 heavy (non-hydrogen) atoms. The largest absolute Gasteiger partial charge is 0.379 e. The monoisotopic (exact) mass is 373 g/mol. The van der Waals surface area contributed by atoms with Gasteiger partial charge in [0.05, 0.1) is 22.0 Å². The summed E-state index contributed by atoms with van der Waals surface area (Å²) in [6, 6.07) is 9.65. The molecular weight excluding hydrogens is 345 g/mol. The Bertz CT molecular complexity index is 424. The van der Waals surface area contributed by atoms with Crippen LogP contribution < -0.4 is 5.19 Å². The first-order valence-corrected chi connectivity index (χ1v) is 12.0. The number of hydrogen-bond acceptors (Lipinski definition) is 2. The van der Waals surface area contributed by atoms with Gasteiger partial charge in [0.1, 0.15) is 0 Å². The zero-order valence-corrected chi connectivity index (χ0v) is 16.6. The van der Waals surface area contributed by atoms with Gasteiger partial charge in [0.2, 0.25) is 0 Å². The number of unbranched alkanes of at least 4 members (excludes halogenated alkanes) is 4. The van der Waals surface area contributed by atoms with Crippen molar-refractivity contribution in [3.8, 4) is 0 Å². The van der Waals surface area contributed by atoms with Crippen molar-refractivity contribution in [3.05, 3.63) is 29.3 Å². The maximum atomic E-state index is 6.20. The van der Waals surface area contributed by atoms with Crippen molar-refractivity contribution in [1.29, 1.82) is 0 Å². The molecule has 1 unspecified atom stereocenters. The van der Waals surface area contributed by atoms with E-state index in [9.17, 15) is 0 Å². The predicted molar refractivity (Wildman–Crippen MR) is 104 cm³/mol. The molecule has 1 aliphatic heterocycles. The Morgan fingerprint density at radius 1 is 0.957 bits per heavy atom. The van der Waals surface area contributed by atoms with Gasteiger partial charge < -0.3 is 4.74 Å². The maximum Gasteiger partial charge on any atom is 0.0867 e. The van der Waals surface area contributed by atoms with Gasteiger partial charge in [0.25, 0.3) is 0 Å². The Morgan fingerprint density at radius 2 is 1.61 bits per heavy atom. The fourth-order valence-electron chi connectivity index (χ4n) is 3.15. The average Bonchev–Trinajstić information content (AvgIpc) is 2.59. The van der Waals surface area contributed by atoms with Crippen LogP contribution in [0.25, 0.3) is 0 Å². The maximum absolute atomic E-state index is 6.20. The van der Waals surface area contributed by atoms with Crippen LogP contribution in [-0.4, -0.2) is 52.0 Å². The first kappa shape index (κ1) is 19.3. The minimum absolute atomic E-state index is 0.816. The van der Waals surface area contributed by atoms with Gasteiger partial charge in [-0.3, -0.25) is 4.90 Å². The zero-order valence-electron chi connectivity index (χ0n) is 14.0. The van der Waals surface area contributed by atoms with E-state index in [2.05, 4.69) is 17.0 Å². The third kappa shape index (κ3) is 7.57. The summed E-state index contributed by atoms with van der Waals surface area (Å²) in [5.41, 5.74) is 0.832. The van der Waals surface area contributed by atoms with E-state index in [1.165, 1.54) is 49.9 Å². The van der Waals surface area contributed by atoms with Gasteiger partial charge in [-0.25, -0.2) is 0 Å². The standard InChI is InChI=1S/C18H29Cl2NOSi/c19-16-23(18-8-6-17(20)7-9-18)15-5-3-1-2-4-10-21-11-13-22-14-12-21/h6-9,23H,1-5,10-16H2. The van der Waals surface area contributed by atoms with Crippen LogP contribution in [0, 0.1) is 0 Å². The molecule has 0 spiro atoms. The van der Waals surface area contributed by atoms with Crippen LogP contribution >= 0.6 is 23.2 Å². The van der Waals surface area contributed by atoms with Gasteiger partial charge in [-0.05, 0) is 25.1 Å². The van der Waals surface area contributed by atoms with Crippen molar-refractivity contribution in [3.63, 3.8) is 0 Å². The molecular formula is C18H29Cl2NOSi. The molecule has 1 aromatic carbocycles. The summed E-state index contributed by atoms with van der Waals surface area (Å²) >= 11 is 12.2. The van der Waals surface area contributed by atoms with E-state index in [0.29, 0.717) is 0 Å². The minimum atomic E-state index is -0.989. The van der Waals surface area contributed by atoms with Crippen molar-refractivity contribution in [1.82, 2.24) is 4.90 Å². The van der Waals surface area contributed by atoms with Crippen LogP contribution in [0.4, 0.5) is 0 Å². The molecule has 1 aromatic rings. The molecule has 0 amide bonds. The Hall–Kier alpha value is -0.0631. The van der Waals surface area contributed by atoms with E-state index >= 15 is 0 Å². The molecule has 0 aliphatic carbocycles. The highest BCUT2D eigenvalue weighted by Crippen LogP contribution is 2.11. The van der Waals surface area contributed by atoms with E-state index in [4.69, 9.17) is 27.9 Å². The Kier molecular flexibility index (Phi) is 9.62. The summed E-state index contributed by atoms with van der Waals surface area (Å²) < 4.78 is 5.38. The van der Waals surface area contributed by atoms with Gasteiger partial charge >= 0.3 is 0 Å². The van der Waals surface area contributed by atoms with Crippen LogP contribution in [0.15, 0.2) is 24.3 Å². The molecule has 0 N–H and O–H groups in total. The van der Waals surface area contributed by atoms with Crippen molar-refractivity contribution in [2.45, 2.75) is 38.1 Å². The Morgan fingerprint density at radius 3 is 2.30 bits per heavy atom. The molecule has 1 heterocycles. The number of benzene rings is 1. The van der Waals surface area contributed by atoms with Crippen LogP contribution in [0.3, 0.4) is 0 Å². The van der Waals surface area contributed by atoms with Gasteiger partial charge in [-0.15, -0.1) is 11.6 Å². The molecule has 2 rings (SSSR count). The highest BCUT2D eigenvalue weighted by Gasteiger charge is 2.12. The lowest BCUT2D eigenvalue weighted by Crippen LogP contribution is -2.36. The second-order valence-corrected chi connectivity index (χ2v) is 10.7. The normalized spacial score (nSPS) is 17.3. The fraction of sp³-hybridized carbons (Fsp3) is 0.667. The Balaban J connectivity index is 1.52. The summed E-state index contributed by atoms with van der Waals surface area (Å²) in [5, 5.41) is 2.27. The number of halogens is 2. The molecule has 1 saturated heterocycles. The minimum Gasteiger partial charge on any atom is -0.379 e. The highest BCUT2D eigenvalue weighted by molar-refractivity contribution is 6.79. The molecule has 130 valence electrons. The van der Waals surface area contributed by atoms with Crippen LogP contribution in [-0.2, 0) is 4.74 Å². The van der Waals surface area contributed by atoms with Crippen molar-refractivity contribution in [2.24, 2.45) is 0 Å². The summed E-state index contributed by atoms with van der Waals surface area (Å²) in [5.74, 6) is 0. The molecule has 1 aliphatic rings. The Labute approximate surface area is 152 Å². The lowest BCUT2D eigenvalue weighted by molar-refractivity contribution is 0.0371. The molecule has 0 saturated carbocycles. The van der Waals surface area contributed by atoms with Crippen LogP contribution in [0.1, 0.15) is 32.1 Å². The van der Waals surface area contributed by atoms with E-state index in [1.54, 1.807) is 0 Å². The third-order valence-corrected chi connectivity index (χ3v) is 8.83. The van der Waals surface area contributed by atoms with Crippen molar-refractivity contribution >= 4 is 37.2 Å². The average molecular weight is 374 g/mol. The highest BCUT2D eigenvalue weighted by atomic mass is 35.5. The summed E-state index contributed by atoms with van der Waals surface area (Å²) in [4.78, 5) is 2.53. The SMILES string of the molecule is ClC[SiH](CCCCCCCN1CCOCC1)c1ccc(Cl)cc1. The summed E-state index contributed by atoms with van der Waals surface area (Å²) in [6.07, 6.45) is 6.70. The third-order valence-electron chi connectivity index (χ3n) is 4.66. The first-order valence-electron chi connectivity index (χ1n) is 8.91. The van der Waals surface area contributed by atoms with Crippen molar-refractivity contribution in [2.75, 3.05) is 38.4 Å². The van der Waals surface area contributed by atoms with Crippen molar-refractivity contribution < 1.29 is 4.74 Å². The van der Waals surface area contributed by atoms with Crippen LogP contribution in [0.5, 0.6) is 0 Å². The lowest BCUT2D eigenvalue weighted by Gasteiger charge is -2.26. The van der Waals surface area contributed by atoms with Gasteiger partial charge in [0.15, 0.2) is 0 Å². The first-order chi connectivity index (χ1) is 11.3. The second kappa shape index (κ2) is 11.5. The molecule has 0 bridgehead atoms. The number of morpholine rings is 1. The van der Waals surface area contributed by atoms with E-state index in [-0.39, 0.29) is 0 Å². The van der Waals surface area contributed by atoms with Gasteiger partial charge in [0, 0.05) is 23.6 Å². The number of nitrogens with zero attached hydrogens (tertiary/aromatic N) is 1. The molecule has 1 atom stereocenters. The number of rotatable bonds is 10. The van der Waals surface area contributed by atoms with E-state index in [0.717, 1.165) is 36.8 Å². The van der Waals surface area contributed by atoms with Gasteiger partial charge in [-0.2, -0.15) is 0 Å². The number of ether oxygens (including phenoxy) is 1. The molecule has 0 aromatic heterocycles. The molecule has 0 radical (unpaired) electrons. The second-order valence-electron chi connectivity index (χ2n) is 6.41. The topological polar surface area (TPSA) is 12.5 Å². The fourth-order valence-corrected chi connectivity index (χ4v) is 6.46. The quantitative estimate of drug-likeness (QED) is 0.351. The van der Waals surface area contributed by atoms with Gasteiger partial charge in [-0.1, -0.05) is 60.6 Å². The van der Waals surface area contributed by atoms with Crippen LogP contribution in [0.2, 0.25) is 11.1 Å². The smallest absolute Gasteiger partial charge is 0.0867 e. The molecule has 2 nitrogen and oxygen atoms in total. The predicted octanol–water partition coefficient (Wildman–Crippen LogP) is 3.83. The van der Waals surface area contributed by atoms with E-state index < -0.39 is 8.80 Å². The summed E-state index contributed by atoms with van der Waals surface area (Å²) in [7, 11) is -0.989. The van der Waals surface area contributed by atoms with E-state index in [1.807, 2.05) is 12.1 Å².